The van der Waals surface area contributed by atoms with Crippen molar-refractivity contribution in [3.63, 3.8) is 0 Å². The van der Waals surface area contributed by atoms with E-state index in [1.165, 1.54) is 13.0 Å². The van der Waals surface area contributed by atoms with Crippen molar-refractivity contribution < 1.29 is 18.4 Å². The van der Waals surface area contributed by atoms with Gasteiger partial charge in [-0.05, 0) is 12.5 Å². The van der Waals surface area contributed by atoms with E-state index in [2.05, 4.69) is 10.3 Å². The summed E-state index contributed by atoms with van der Waals surface area (Å²) >= 11 is 1.02. The van der Waals surface area contributed by atoms with Gasteiger partial charge in [0.2, 0.25) is 11.8 Å². The number of carbonyl (C=O) groups excluding carboxylic acids is 2. The van der Waals surface area contributed by atoms with Crippen LogP contribution in [0.25, 0.3) is 10.2 Å². The smallest absolute Gasteiger partial charge is 0.231 e. The molecule has 1 aromatic heterocycles. The summed E-state index contributed by atoms with van der Waals surface area (Å²) in [4.78, 5) is 29.0. The zero-order chi connectivity index (χ0) is 15.9. The van der Waals surface area contributed by atoms with Crippen LogP contribution in [0.2, 0.25) is 0 Å². The van der Waals surface area contributed by atoms with Crippen molar-refractivity contribution in [1.29, 1.82) is 0 Å². The molecule has 22 heavy (non-hydrogen) atoms. The van der Waals surface area contributed by atoms with Gasteiger partial charge in [0, 0.05) is 26.1 Å². The average Bonchev–Trinajstić information content (AvgIpc) is 3.04. The summed E-state index contributed by atoms with van der Waals surface area (Å²) in [5.74, 6) is -2.07. The summed E-state index contributed by atoms with van der Waals surface area (Å²) in [5.41, 5.74) is 0.0403. The van der Waals surface area contributed by atoms with Crippen LogP contribution in [0.15, 0.2) is 12.1 Å². The highest BCUT2D eigenvalue weighted by molar-refractivity contribution is 7.22. The first-order chi connectivity index (χ1) is 10.4. The maximum absolute atomic E-state index is 13.6. The summed E-state index contributed by atoms with van der Waals surface area (Å²) in [6.07, 6.45) is 0.583. The van der Waals surface area contributed by atoms with Gasteiger partial charge >= 0.3 is 0 Å². The molecule has 1 saturated heterocycles. The van der Waals surface area contributed by atoms with E-state index in [0.29, 0.717) is 24.2 Å². The Bertz CT molecular complexity index is 762. The van der Waals surface area contributed by atoms with Gasteiger partial charge in [0.1, 0.15) is 11.3 Å². The van der Waals surface area contributed by atoms with E-state index in [-0.39, 0.29) is 28.4 Å². The fourth-order valence-corrected chi connectivity index (χ4v) is 3.39. The second-order valence-electron chi connectivity index (χ2n) is 5.19. The largest absolute Gasteiger partial charge is 0.342 e. The van der Waals surface area contributed by atoms with Crippen molar-refractivity contribution >= 4 is 38.5 Å². The van der Waals surface area contributed by atoms with Gasteiger partial charge in [0.05, 0.1) is 10.6 Å². The molecule has 1 aliphatic rings. The van der Waals surface area contributed by atoms with Crippen molar-refractivity contribution in [2.75, 3.05) is 18.4 Å². The Morgan fingerprint density at radius 1 is 1.41 bits per heavy atom. The number of halogens is 2. The van der Waals surface area contributed by atoms with Crippen molar-refractivity contribution in [3.05, 3.63) is 23.8 Å². The molecule has 1 aliphatic heterocycles. The van der Waals surface area contributed by atoms with E-state index in [0.717, 1.165) is 17.4 Å². The van der Waals surface area contributed by atoms with Crippen molar-refractivity contribution in [2.45, 2.75) is 13.3 Å². The molecule has 1 fully saturated rings. The number of aromatic nitrogens is 1. The molecule has 0 saturated carbocycles. The Morgan fingerprint density at radius 2 is 2.18 bits per heavy atom. The Morgan fingerprint density at radius 3 is 2.86 bits per heavy atom. The molecule has 2 aromatic rings. The zero-order valence-electron chi connectivity index (χ0n) is 11.7. The number of nitrogens with zero attached hydrogens (tertiary/aromatic N) is 2. The fourth-order valence-electron chi connectivity index (χ4n) is 2.48. The number of amides is 2. The van der Waals surface area contributed by atoms with E-state index in [9.17, 15) is 18.4 Å². The summed E-state index contributed by atoms with van der Waals surface area (Å²) in [5, 5.41) is 2.85. The number of hydrogen-bond donors (Lipinski definition) is 1. The molecule has 8 heteroatoms. The van der Waals surface area contributed by atoms with E-state index >= 15 is 0 Å². The molecule has 1 atom stereocenters. The first-order valence-electron chi connectivity index (χ1n) is 6.76. The fraction of sp³-hybridized carbons (Fsp3) is 0.357. The highest BCUT2D eigenvalue weighted by atomic mass is 32.1. The van der Waals surface area contributed by atoms with Gasteiger partial charge in [0.25, 0.3) is 0 Å². The van der Waals surface area contributed by atoms with E-state index in [1.807, 2.05) is 0 Å². The van der Waals surface area contributed by atoms with Crippen LogP contribution in [-0.4, -0.2) is 34.8 Å². The predicted molar refractivity (Wildman–Crippen MR) is 78.5 cm³/mol. The summed E-state index contributed by atoms with van der Waals surface area (Å²) in [6.45, 7) is 2.38. The highest BCUT2D eigenvalue weighted by Crippen LogP contribution is 2.29. The summed E-state index contributed by atoms with van der Waals surface area (Å²) in [6, 6.07) is 1.94. The standard InChI is InChI=1S/C14H13F2N3O2S/c1-7(20)19-3-2-8(6-19)13(21)18-14-17-12-10(16)4-9(15)5-11(12)22-14/h4-5,8H,2-3,6H2,1H3,(H,17,18,21). The molecule has 0 bridgehead atoms. The molecule has 1 unspecified atom stereocenters. The third-order valence-electron chi connectivity index (χ3n) is 3.65. The lowest BCUT2D eigenvalue weighted by atomic mass is 10.1. The molecule has 1 aromatic carbocycles. The van der Waals surface area contributed by atoms with Crippen molar-refractivity contribution in [3.8, 4) is 0 Å². The lowest BCUT2D eigenvalue weighted by molar-refractivity contribution is -0.128. The zero-order valence-corrected chi connectivity index (χ0v) is 12.5. The lowest BCUT2D eigenvalue weighted by Crippen LogP contribution is -2.29. The average molecular weight is 325 g/mol. The van der Waals surface area contributed by atoms with Crippen LogP contribution in [0, 0.1) is 17.6 Å². The van der Waals surface area contributed by atoms with Crippen LogP contribution in [0.5, 0.6) is 0 Å². The topological polar surface area (TPSA) is 62.3 Å². The van der Waals surface area contributed by atoms with Crippen LogP contribution >= 0.6 is 11.3 Å². The second-order valence-corrected chi connectivity index (χ2v) is 6.22. The quantitative estimate of drug-likeness (QED) is 0.922. The molecule has 3 rings (SSSR count). The molecule has 5 nitrogen and oxygen atoms in total. The predicted octanol–water partition coefficient (Wildman–Crippen LogP) is 2.38. The number of rotatable bonds is 2. The number of anilines is 1. The lowest BCUT2D eigenvalue weighted by Gasteiger charge is -2.13. The molecule has 116 valence electrons. The SMILES string of the molecule is CC(=O)N1CCC(C(=O)Nc2nc3c(F)cc(F)cc3s2)C1. The Labute approximate surface area is 128 Å². The number of carbonyl (C=O) groups is 2. The normalized spacial score (nSPS) is 18.0. The monoisotopic (exact) mass is 325 g/mol. The third kappa shape index (κ3) is 2.78. The Balaban J connectivity index is 1.75. The molecule has 1 N–H and O–H groups in total. The van der Waals surface area contributed by atoms with E-state index in [1.54, 1.807) is 4.90 Å². The van der Waals surface area contributed by atoms with Gasteiger partial charge in [-0.1, -0.05) is 11.3 Å². The van der Waals surface area contributed by atoms with Crippen molar-refractivity contribution in [1.82, 2.24) is 9.88 Å². The number of hydrogen-bond acceptors (Lipinski definition) is 4. The molecular formula is C14H13F2N3O2S. The number of likely N-dealkylation sites (tertiary alicyclic amines) is 1. The first kappa shape index (κ1) is 14.8. The van der Waals surface area contributed by atoms with Gasteiger partial charge in [-0.15, -0.1) is 0 Å². The molecule has 2 heterocycles. The maximum Gasteiger partial charge on any atom is 0.231 e. The highest BCUT2D eigenvalue weighted by Gasteiger charge is 2.30. The summed E-state index contributed by atoms with van der Waals surface area (Å²) in [7, 11) is 0. The molecule has 0 spiro atoms. The van der Waals surface area contributed by atoms with Crippen molar-refractivity contribution in [2.24, 2.45) is 5.92 Å². The Hall–Kier alpha value is -2.09. The van der Waals surface area contributed by atoms with Gasteiger partial charge in [-0.25, -0.2) is 13.8 Å². The number of nitrogens with one attached hydrogen (secondary N) is 1. The minimum absolute atomic E-state index is 0.0403. The van der Waals surface area contributed by atoms with Crippen LogP contribution in [0.4, 0.5) is 13.9 Å². The van der Waals surface area contributed by atoms with E-state index in [4.69, 9.17) is 0 Å². The van der Waals surface area contributed by atoms with Gasteiger partial charge in [-0.3, -0.25) is 9.59 Å². The molecule has 2 amide bonds. The van der Waals surface area contributed by atoms with Crippen LogP contribution in [-0.2, 0) is 9.59 Å². The molecule has 0 aliphatic carbocycles. The molecule has 0 radical (unpaired) electrons. The minimum atomic E-state index is -0.754. The van der Waals surface area contributed by atoms with Crippen LogP contribution < -0.4 is 5.32 Å². The van der Waals surface area contributed by atoms with Gasteiger partial charge < -0.3 is 10.2 Å². The van der Waals surface area contributed by atoms with Gasteiger partial charge in [0.15, 0.2) is 10.9 Å². The summed E-state index contributed by atoms with van der Waals surface area (Å²) < 4.78 is 27.1. The number of thiazole rings is 1. The Kier molecular flexibility index (Phi) is 3.78. The number of benzene rings is 1. The molecular weight excluding hydrogens is 312 g/mol. The van der Waals surface area contributed by atoms with Gasteiger partial charge in [-0.2, -0.15) is 0 Å². The first-order valence-corrected chi connectivity index (χ1v) is 7.57. The maximum atomic E-state index is 13.6. The van der Waals surface area contributed by atoms with Crippen LogP contribution in [0.3, 0.4) is 0 Å². The third-order valence-corrected chi connectivity index (χ3v) is 4.57. The number of fused-ring (bicyclic) bond motifs is 1. The minimum Gasteiger partial charge on any atom is -0.342 e. The van der Waals surface area contributed by atoms with Crippen LogP contribution in [0.1, 0.15) is 13.3 Å². The van der Waals surface area contributed by atoms with E-state index < -0.39 is 11.6 Å². The second kappa shape index (κ2) is 5.60.